The van der Waals surface area contributed by atoms with Crippen molar-refractivity contribution in [3.8, 4) is 34.8 Å². The van der Waals surface area contributed by atoms with E-state index in [9.17, 15) is 0 Å². The van der Waals surface area contributed by atoms with Crippen LogP contribution in [0.3, 0.4) is 0 Å². The first kappa shape index (κ1) is 23.5. The number of ether oxygens (including phenoxy) is 5. The minimum absolute atomic E-state index is 0.0394. The van der Waals surface area contributed by atoms with Crippen LogP contribution in [0, 0.1) is 17.8 Å². The third-order valence-corrected chi connectivity index (χ3v) is 8.53. The van der Waals surface area contributed by atoms with Crippen LogP contribution in [0.2, 0.25) is 0 Å². The van der Waals surface area contributed by atoms with E-state index in [0.717, 1.165) is 58.7 Å². The van der Waals surface area contributed by atoms with Gasteiger partial charge in [0.25, 0.3) is 0 Å². The van der Waals surface area contributed by atoms with E-state index in [1.807, 2.05) is 12.1 Å². The number of likely N-dealkylation sites (N-methyl/N-ethyl adjacent to an activating group) is 1. The summed E-state index contributed by atoms with van der Waals surface area (Å²) in [7, 11) is 6.18. The Kier molecular flexibility index (Phi) is 5.27. The summed E-state index contributed by atoms with van der Waals surface area (Å²) in [4.78, 5) is 0. The van der Waals surface area contributed by atoms with Gasteiger partial charge in [0.15, 0.2) is 17.5 Å². The van der Waals surface area contributed by atoms with E-state index in [2.05, 4.69) is 64.9 Å². The van der Waals surface area contributed by atoms with Crippen molar-refractivity contribution in [2.45, 2.75) is 63.4 Å². The SMILES string of the molecule is COc1c2c(cc3c1[C@@H](C#C[C@]1(C)CC[C@@H]4[C@H](O1)c1ccccc1OC4(C)C)[N+](C)(C)CC3)OCO2. The standard InChI is InChI=1S/C30H36NO5/c1-29(2)21-11-14-30(3,36-26(21)20-9-7-8-10-23(20)35-29)15-12-22-25-19(13-16-31(22,4)5)17-24-27(28(25)32-6)34-18-33-24/h7-10,17,21-22,26H,11,13-14,16,18H2,1-6H3/q+1/t21-,22-,26-,30+/m1/s1. The molecule has 0 amide bonds. The number of rotatable bonds is 1. The number of quaternary nitrogens is 1. The Morgan fingerprint density at radius 1 is 1.08 bits per heavy atom. The molecule has 0 spiro atoms. The van der Waals surface area contributed by atoms with Gasteiger partial charge in [0.05, 0.1) is 39.4 Å². The monoisotopic (exact) mass is 490 g/mol. The van der Waals surface area contributed by atoms with Gasteiger partial charge in [-0.2, -0.15) is 0 Å². The summed E-state index contributed by atoms with van der Waals surface area (Å²) in [5.41, 5.74) is 2.62. The molecule has 1 fully saturated rings. The minimum atomic E-state index is -0.553. The molecule has 4 aliphatic heterocycles. The highest BCUT2D eigenvalue weighted by Gasteiger charge is 2.50. The van der Waals surface area contributed by atoms with Crippen LogP contribution < -0.4 is 18.9 Å². The molecular weight excluding hydrogens is 454 g/mol. The molecule has 1 saturated heterocycles. The molecule has 0 aliphatic carbocycles. The zero-order valence-corrected chi connectivity index (χ0v) is 22.1. The third kappa shape index (κ3) is 3.64. The first-order chi connectivity index (χ1) is 17.1. The molecule has 6 heteroatoms. The van der Waals surface area contributed by atoms with Gasteiger partial charge in [-0.15, -0.1) is 0 Å². The summed E-state index contributed by atoms with van der Waals surface area (Å²) < 4.78 is 31.4. The minimum Gasteiger partial charge on any atom is -0.492 e. The first-order valence-corrected chi connectivity index (χ1v) is 12.9. The summed E-state index contributed by atoms with van der Waals surface area (Å²) in [6, 6.07) is 10.3. The van der Waals surface area contributed by atoms with E-state index in [0.29, 0.717) is 5.75 Å². The second kappa shape index (κ2) is 8.06. The van der Waals surface area contributed by atoms with Gasteiger partial charge in [0.1, 0.15) is 17.0 Å². The first-order valence-electron chi connectivity index (χ1n) is 12.9. The van der Waals surface area contributed by atoms with Gasteiger partial charge in [0, 0.05) is 17.9 Å². The van der Waals surface area contributed by atoms with Gasteiger partial charge in [0.2, 0.25) is 12.5 Å². The van der Waals surface area contributed by atoms with Gasteiger partial charge in [-0.1, -0.05) is 24.1 Å². The van der Waals surface area contributed by atoms with Crippen molar-refractivity contribution in [2.24, 2.45) is 5.92 Å². The molecule has 0 bridgehead atoms. The van der Waals surface area contributed by atoms with Crippen LogP contribution in [0.15, 0.2) is 30.3 Å². The van der Waals surface area contributed by atoms with E-state index in [-0.39, 0.29) is 30.5 Å². The van der Waals surface area contributed by atoms with Crippen LogP contribution in [-0.4, -0.2) is 50.2 Å². The van der Waals surface area contributed by atoms with E-state index in [1.165, 1.54) is 5.56 Å². The summed E-state index contributed by atoms with van der Waals surface area (Å²) in [5.74, 6) is 10.7. The van der Waals surface area contributed by atoms with Gasteiger partial charge < -0.3 is 28.2 Å². The van der Waals surface area contributed by atoms with Crippen molar-refractivity contribution in [1.82, 2.24) is 0 Å². The van der Waals surface area contributed by atoms with Crippen molar-refractivity contribution in [1.29, 1.82) is 0 Å². The number of fused-ring (bicyclic) bond motifs is 5. The number of benzene rings is 2. The predicted molar refractivity (Wildman–Crippen MR) is 136 cm³/mol. The van der Waals surface area contributed by atoms with Crippen LogP contribution >= 0.6 is 0 Å². The average molecular weight is 491 g/mol. The molecule has 0 radical (unpaired) electrons. The van der Waals surface area contributed by atoms with Crippen molar-refractivity contribution in [3.63, 3.8) is 0 Å². The van der Waals surface area contributed by atoms with Gasteiger partial charge in [-0.25, -0.2) is 0 Å². The molecular formula is C30H36NO5+. The molecule has 0 unspecified atom stereocenters. The third-order valence-electron chi connectivity index (χ3n) is 8.53. The molecule has 2 aromatic carbocycles. The molecule has 4 atom stereocenters. The van der Waals surface area contributed by atoms with Crippen molar-refractivity contribution < 1.29 is 28.2 Å². The second-order valence-corrected chi connectivity index (χ2v) is 11.8. The lowest BCUT2D eigenvalue weighted by molar-refractivity contribution is -0.914. The van der Waals surface area contributed by atoms with Crippen LogP contribution in [-0.2, 0) is 11.2 Å². The van der Waals surface area contributed by atoms with E-state index in [4.69, 9.17) is 23.7 Å². The Hall–Kier alpha value is -2.88. The lowest BCUT2D eigenvalue weighted by atomic mass is 9.73. The Morgan fingerprint density at radius 3 is 2.69 bits per heavy atom. The number of methoxy groups -OCH3 is 1. The molecule has 4 heterocycles. The summed E-state index contributed by atoms with van der Waals surface area (Å²) in [6.07, 6.45) is 2.76. The van der Waals surface area contributed by atoms with Crippen LogP contribution in [0.1, 0.15) is 62.4 Å². The lowest BCUT2D eigenvalue weighted by Gasteiger charge is -2.50. The fraction of sp³-hybridized carbons (Fsp3) is 0.533. The number of para-hydroxylation sites is 1. The van der Waals surface area contributed by atoms with Crippen molar-refractivity contribution in [3.05, 3.63) is 47.0 Å². The second-order valence-electron chi connectivity index (χ2n) is 11.8. The van der Waals surface area contributed by atoms with E-state index >= 15 is 0 Å². The normalized spacial score (nSPS) is 30.6. The highest BCUT2D eigenvalue weighted by Crippen LogP contribution is 2.53. The van der Waals surface area contributed by atoms with E-state index < -0.39 is 5.60 Å². The fourth-order valence-corrected chi connectivity index (χ4v) is 6.40. The molecule has 190 valence electrons. The molecule has 4 aliphatic rings. The van der Waals surface area contributed by atoms with Crippen molar-refractivity contribution in [2.75, 3.05) is 34.5 Å². The van der Waals surface area contributed by atoms with Gasteiger partial charge in [-0.05, 0) is 57.2 Å². The largest absolute Gasteiger partial charge is 0.492 e. The quantitative estimate of drug-likeness (QED) is 0.406. The maximum atomic E-state index is 6.88. The molecule has 6 rings (SSSR count). The van der Waals surface area contributed by atoms with Gasteiger partial charge >= 0.3 is 0 Å². The van der Waals surface area contributed by atoms with Gasteiger partial charge in [-0.3, -0.25) is 0 Å². The van der Waals surface area contributed by atoms with Crippen LogP contribution in [0.25, 0.3) is 0 Å². The van der Waals surface area contributed by atoms with E-state index in [1.54, 1.807) is 7.11 Å². The maximum Gasteiger partial charge on any atom is 0.231 e. The molecule has 0 N–H and O–H groups in total. The molecule has 36 heavy (non-hydrogen) atoms. The zero-order valence-electron chi connectivity index (χ0n) is 22.1. The summed E-state index contributed by atoms with van der Waals surface area (Å²) in [5, 5.41) is 0. The molecule has 2 aromatic rings. The Balaban J connectivity index is 1.38. The topological polar surface area (TPSA) is 46.2 Å². The summed E-state index contributed by atoms with van der Waals surface area (Å²) >= 11 is 0. The number of hydrogen-bond donors (Lipinski definition) is 0. The average Bonchev–Trinajstić information content (AvgIpc) is 3.30. The van der Waals surface area contributed by atoms with Crippen LogP contribution in [0.5, 0.6) is 23.0 Å². The highest BCUT2D eigenvalue weighted by atomic mass is 16.7. The zero-order chi connectivity index (χ0) is 25.3. The smallest absolute Gasteiger partial charge is 0.231 e. The number of nitrogens with zero attached hydrogens (tertiary/aromatic N) is 1. The predicted octanol–water partition coefficient (Wildman–Crippen LogP) is 5.20. The molecule has 0 aromatic heterocycles. The highest BCUT2D eigenvalue weighted by molar-refractivity contribution is 5.62. The molecule has 6 nitrogen and oxygen atoms in total. The van der Waals surface area contributed by atoms with Crippen molar-refractivity contribution >= 4 is 0 Å². The Morgan fingerprint density at radius 2 is 1.89 bits per heavy atom. The maximum absolute atomic E-state index is 6.88. The Bertz CT molecular complexity index is 1270. The Labute approximate surface area is 214 Å². The summed E-state index contributed by atoms with van der Waals surface area (Å²) in [6.45, 7) is 7.69. The fourth-order valence-electron chi connectivity index (χ4n) is 6.40. The van der Waals surface area contributed by atoms with Crippen LogP contribution in [0.4, 0.5) is 0 Å². The lowest BCUT2D eigenvalue weighted by Crippen LogP contribution is -2.51. The molecule has 0 saturated carbocycles. The number of hydrogen-bond acceptors (Lipinski definition) is 5.